The van der Waals surface area contributed by atoms with Crippen molar-refractivity contribution >= 4 is 17.2 Å². The van der Waals surface area contributed by atoms with Crippen LogP contribution in [0.2, 0.25) is 0 Å². The topological polar surface area (TPSA) is 80.9 Å². The van der Waals surface area contributed by atoms with E-state index in [9.17, 15) is 0 Å². The van der Waals surface area contributed by atoms with Gasteiger partial charge < -0.3 is 5.73 Å². The van der Waals surface area contributed by atoms with E-state index in [0.717, 1.165) is 33.8 Å². The minimum atomic E-state index is 0.259. The largest absolute Gasteiger partial charge is 0.367 e. The maximum absolute atomic E-state index is 5.58. The lowest BCUT2D eigenvalue weighted by molar-refractivity contribution is 0.346. The summed E-state index contributed by atoms with van der Waals surface area (Å²) < 4.78 is 1.73. The van der Waals surface area contributed by atoms with E-state index in [2.05, 4.69) is 33.3 Å². The summed E-state index contributed by atoms with van der Waals surface area (Å²) in [6.45, 7) is 12.3. The van der Waals surface area contributed by atoms with Crippen LogP contribution in [0, 0.1) is 12.8 Å². The van der Waals surface area contributed by atoms with Gasteiger partial charge in [-0.2, -0.15) is 10.2 Å². The zero-order valence-corrected chi connectivity index (χ0v) is 19.0. The third kappa shape index (κ3) is 6.66. The number of benzene rings is 1. The molecule has 1 aromatic carbocycles. The second-order valence-electron chi connectivity index (χ2n) is 6.51. The van der Waals surface area contributed by atoms with E-state index in [1.807, 2.05) is 59.0 Å². The average molecular weight is 397 g/mol. The number of aromatic nitrogens is 3. The zero-order valence-electron chi connectivity index (χ0n) is 19.0. The second kappa shape index (κ2) is 12.6. The normalized spacial score (nSPS) is 12.8. The molecule has 4 rings (SSSR count). The van der Waals surface area contributed by atoms with Gasteiger partial charge in [0.1, 0.15) is 0 Å². The first-order valence-electron chi connectivity index (χ1n) is 10.6. The predicted molar refractivity (Wildman–Crippen MR) is 124 cm³/mol. The molecule has 3 aromatic rings. The van der Waals surface area contributed by atoms with Gasteiger partial charge in [-0.1, -0.05) is 59.9 Å². The fourth-order valence-corrected chi connectivity index (χ4v) is 2.81. The molecule has 2 heterocycles. The summed E-state index contributed by atoms with van der Waals surface area (Å²) in [5, 5.41) is 12.0. The Morgan fingerprint density at radius 3 is 2.28 bits per heavy atom. The first-order valence-corrected chi connectivity index (χ1v) is 10.6. The van der Waals surface area contributed by atoms with Gasteiger partial charge in [-0.15, -0.1) is 5.10 Å². The van der Waals surface area contributed by atoms with Crippen LogP contribution in [-0.2, 0) is 0 Å². The summed E-state index contributed by atoms with van der Waals surface area (Å²) in [6.07, 6.45) is 8.06. The fourth-order valence-electron chi connectivity index (χ4n) is 2.81. The Kier molecular flexibility index (Phi) is 10.6. The van der Waals surface area contributed by atoms with Crippen molar-refractivity contribution in [1.82, 2.24) is 14.6 Å². The van der Waals surface area contributed by atoms with Crippen molar-refractivity contribution in [3.63, 3.8) is 0 Å². The molecule has 0 aliphatic heterocycles. The third-order valence-electron chi connectivity index (χ3n) is 4.54. The number of nitrogens with two attached hydrogens (primary N) is 1. The monoisotopic (exact) mass is 396 g/mol. The summed E-state index contributed by atoms with van der Waals surface area (Å²) in [7, 11) is 1.66. The van der Waals surface area contributed by atoms with Crippen LogP contribution in [0.4, 0.5) is 11.6 Å². The average Bonchev–Trinajstić information content (AvgIpc) is 3.14. The van der Waals surface area contributed by atoms with Gasteiger partial charge in [0.15, 0.2) is 0 Å². The summed E-state index contributed by atoms with van der Waals surface area (Å²) >= 11 is 0. The van der Waals surface area contributed by atoms with E-state index in [4.69, 9.17) is 5.73 Å². The van der Waals surface area contributed by atoms with Gasteiger partial charge in [-0.25, -0.2) is 9.50 Å². The van der Waals surface area contributed by atoms with Crippen LogP contribution in [0.15, 0.2) is 46.9 Å². The summed E-state index contributed by atoms with van der Waals surface area (Å²) in [4.78, 5) is 4.05. The lowest BCUT2D eigenvalue weighted by atomic mass is 9.88. The van der Waals surface area contributed by atoms with Gasteiger partial charge >= 0.3 is 0 Å². The molecule has 6 heteroatoms. The molecule has 0 spiro atoms. The lowest BCUT2D eigenvalue weighted by Gasteiger charge is -2.18. The molecular formula is C23H36N6. The molecule has 6 nitrogen and oxygen atoms in total. The van der Waals surface area contributed by atoms with Crippen molar-refractivity contribution in [3.8, 4) is 11.1 Å². The van der Waals surface area contributed by atoms with Crippen LogP contribution in [-0.4, -0.2) is 21.6 Å². The number of anilines is 1. The van der Waals surface area contributed by atoms with Gasteiger partial charge in [0.05, 0.1) is 17.4 Å². The van der Waals surface area contributed by atoms with Gasteiger partial charge in [0.2, 0.25) is 5.95 Å². The molecule has 29 heavy (non-hydrogen) atoms. The van der Waals surface area contributed by atoms with E-state index in [-0.39, 0.29) is 5.95 Å². The van der Waals surface area contributed by atoms with Gasteiger partial charge in [0.25, 0.3) is 0 Å². The van der Waals surface area contributed by atoms with Crippen molar-refractivity contribution in [1.29, 1.82) is 0 Å². The minimum absolute atomic E-state index is 0.259. The third-order valence-corrected chi connectivity index (χ3v) is 4.54. The molecule has 1 saturated carbocycles. The number of rotatable bonds is 2. The Labute approximate surface area is 175 Å². The van der Waals surface area contributed by atoms with Crippen molar-refractivity contribution in [2.75, 3.05) is 12.8 Å². The molecule has 0 unspecified atom stereocenters. The molecule has 0 radical (unpaired) electrons. The quantitative estimate of drug-likeness (QED) is 0.480. The molecule has 2 N–H and O–H groups in total. The Bertz CT molecular complexity index is 894. The van der Waals surface area contributed by atoms with E-state index < -0.39 is 0 Å². The van der Waals surface area contributed by atoms with Gasteiger partial charge in [0, 0.05) is 18.8 Å². The molecule has 1 aliphatic carbocycles. The number of hydrogen-bond acceptors (Lipinski definition) is 5. The number of azo groups is 1. The van der Waals surface area contributed by atoms with Crippen molar-refractivity contribution < 1.29 is 0 Å². The zero-order chi connectivity index (χ0) is 21.8. The van der Waals surface area contributed by atoms with E-state index in [1.54, 1.807) is 17.8 Å². The van der Waals surface area contributed by atoms with E-state index >= 15 is 0 Å². The molecule has 0 saturated heterocycles. The highest BCUT2D eigenvalue weighted by Gasteiger charge is 2.09. The molecule has 2 aromatic heterocycles. The standard InChI is InChI=1S/C14H14N6.C5H10.2C2H6/c1-9-7-10(3-4-12(9)18-16-2)11-5-6-20-13(11)8-17-14(15)19-20;1-5-3-2-4-5;2*1-2/h3-8H,1-2H3,(H2,15,19);5H,2-4H2,1H3;2*1-2H3. The number of hydrogen-bond donors (Lipinski definition) is 1. The molecule has 0 atom stereocenters. The minimum Gasteiger partial charge on any atom is -0.367 e. The lowest BCUT2D eigenvalue weighted by Crippen LogP contribution is -2.04. The molecule has 158 valence electrons. The van der Waals surface area contributed by atoms with Crippen LogP contribution in [0.1, 0.15) is 59.4 Å². The first-order chi connectivity index (χ1) is 14.1. The second-order valence-corrected chi connectivity index (χ2v) is 6.51. The fraction of sp³-hybridized carbons (Fsp3) is 0.478. The van der Waals surface area contributed by atoms with Crippen molar-refractivity contribution in [2.45, 2.75) is 60.8 Å². The first kappa shape index (κ1) is 24.3. The van der Waals surface area contributed by atoms with Gasteiger partial charge in [-0.05, 0) is 42.2 Å². The van der Waals surface area contributed by atoms with Gasteiger partial charge in [-0.3, -0.25) is 0 Å². The maximum atomic E-state index is 5.58. The van der Waals surface area contributed by atoms with Crippen molar-refractivity contribution in [2.24, 2.45) is 16.1 Å². The molecule has 0 amide bonds. The molecule has 0 bridgehead atoms. The summed E-state index contributed by atoms with van der Waals surface area (Å²) in [6, 6.07) is 8.05. The highest BCUT2D eigenvalue weighted by molar-refractivity contribution is 5.81. The highest BCUT2D eigenvalue weighted by Crippen LogP contribution is 2.29. The van der Waals surface area contributed by atoms with E-state index in [0.29, 0.717) is 0 Å². The van der Waals surface area contributed by atoms with Crippen LogP contribution in [0.25, 0.3) is 16.6 Å². The highest BCUT2D eigenvalue weighted by atomic mass is 15.3. The number of aryl methyl sites for hydroxylation is 1. The molecule has 1 fully saturated rings. The predicted octanol–water partition coefficient (Wildman–Crippen LogP) is 6.86. The Hall–Kier alpha value is -2.76. The SMILES string of the molecule is CC.CC.CC1CCC1.CN=Nc1ccc(-c2ccn3nc(N)ncc23)cc1C. The molecular weight excluding hydrogens is 360 g/mol. The number of nitrogen functional groups attached to an aromatic ring is 1. The van der Waals surface area contributed by atoms with Crippen LogP contribution >= 0.6 is 0 Å². The Morgan fingerprint density at radius 1 is 1.10 bits per heavy atom. The summed E-state index contributed by atoms with van der Waals surface area (Å²) in [5.74, 6) is 1.32. The van der Waals surface area contributed by atoms with E-state index in [1.165, 1.54) is 19.3 Å². The Morgan fingerprint density at radius 2 is 1.76 bits per heavy atom. The summed E-state index contributed by atoms with van der Waals surface area (Å²) in [5.41, 5.74) is 10.6. The Balaban J connectivity index is 0.000000395. The smallest absolute Gasteiger partial charge is 0.238 e. The maximum Gasteiger partial charge on any atom is 0.238 e. The van der Waals surface area contributed by atoms with Crippen LogP contribution in [0.5, 0.6) is 0 Å². The van der Waals surface area contributed by atoms with Crippen LogP contribution < -0.4 is 5.73 Å². The van der Waals surface area contributed by atoms with Crippen molar-refractivity contribution in [3.05, 3.63) is 42.2 Å². The number of fused-ring (bicyclic) bond motifs is 1. The van der Waals surface area contributed by atoms with Crippen LogP contribution in [0.3, 0.4) is 0 Å². The molecule has 1 aliphatic rings. The number of nitrogens with zero attached hydrogens (tertiary/aromatic N) is 5.